The Morgan fingerprint density at radius 3 is 2.74 bits per heavy atom. The van der Waals surface area contributed by atoms with Gasteiger partial charge in [0.15, 0.2) is 11.5 Å². The number of methoxy groups -OCH3 is 1. The first-order valence-corrected chi connectivity index (χ1v) is 6.14. The molecule has 0 radical (unpaired) electrons. The summed E-state index contributed by atoms with van der Waals surface area (Å²) in [4.78, 5) is 4.15. The lowest BCUT2D eigenvalue weighted by Crippen LogP contribution is -2.02. The Kier molecular flexibility index (Phi) is 4.36. The van der Waals surface area contributed by atoms with E-state index in [1.54, 1.807) is 13.3 Å². The van der Waals surface area contributed by atoms with Gasteiger partial charge in [-0.05, 0) is 42.3 Å². The van der Waals surface area contributed by atoms with Crippen molar-refractivity contribution in [3.05, 3.63) is 53.3 Å². The summed E-state index contributed by atoms with van der Waals surface area (Å²) in [5.74, 6) is 1.48. The Morgan fingerprint density at radius 2 is 2.00 bits per heavy atom. The van der Waals surface area contributed by atoms with Gasteiger partial charge in [-0.2, -0.15) is 0 Å². The van der Waals surface area contributed by atoms with Gasteiger partial charge in [-0.15, -0.1) is 0 Å². The summed E-state index contributed by atoms with van der Waals surface area (Å²) in [5, 5.41) is 0. The first kappa shape index (κ1) is 13.4. The van der Waals surface area contributed by atoms with Crippen LogP contribution in [-0.2, 0) is 13.2 Å². The molecule has 0 aliphatic heterocycles. The summed E-state index contributed by atoms with van der Waals surface area (Å²) in [7, 11) is 1.64. The lowest BCUT2D eigenvalue weighted by Gasteiger charge is -2.11. The van der Waals surface area contributed by atoms with Crippen molar-refractivity contribution in [3.8, 4) is 11.5 Å². The molecular formula is C15H18N2O2. The highest BCUT2D eigenvalue weighted by Crippen LogP contribution is 2.28. The highest BCUT2D eigenvalue weighted by atomic mass is 16.5. The first-order valence-electron chi connectivity index (χ1n) is 6.14. The van der Waals surface area contributed by atoms with E-state index in [0.717, 1.165) is 28.3 Å². The van der Waals surface area contributed by atoms with Crippen molar-refractivity contribution in [2.75, 3.05) is 7.11 Å². The van der Waals surface area contributed by atoms with Gasteiger partial charge in [0.05, 0.1) is 12.8 Å². The van der Waals surface area contributed by atoms with Gasteiger partial charge in [-0.25, -0.2) is 0 Å². The average molecular weight is 258 g/mol. The number of benzene rings is 1. The molecule has 4 nitrogen and oxygen atoms in total. The molecule has 0 aliphatic rings. The third-order valence-electron chi connectivity index (χ3n) is 2.80. The van der Waals surface area contributed by atoms with E-state index in [2.05, 4.69) is 4.98 Å². The minimum atomic E-state index is 0.432. The first-order chi connectivity index (χ1) is 9.22. The molecule has 2 rings (SSSR count). The van der Waals surface area contributed by atoms with E-state index in [-0.39, 0.29) is 0 Å². The summed E-state index contributed by atoms with van der Waals surface area (Å²) in [6.45, 7) is 2.92. The fourth-order valence-corrected chi connectivity index (χ4v) is 1.78. The monoisotopic (exact) mass is 258 g/mol. The maximum Gasteiger partial charge on any atom is 0.161 e. The van der Waals surface area contributed by atoms with Gasteiger partial charge in [0.2, 0.25) is 0 Å². The molecule has 1 heterocycles. The Bertz CT molecular complexity index is 556. The van der Waals surface area contributed by atoms with Crippen molar-refractivity contribution in [3.63, 3.8) is 0 Å². The molecule has 19 heavy (non-hydrogen) atoms. The number of ether oxygens (including phenoxy) is 2. The van der Waals surface area contributed by atoms with Crippen LogP contribution in [0, 0.1) is 6.92 Å². The van der Waals surface area contributed by atoms with Crippen molar-refractivity contribution in [1.29, 1.82) is 0 Å². The zero-order valence-electron chi connectivity index (χ0n) is 11.2. The van der Waals surface area contributed by atoms with E-state index in [9.17, 15) is 0 Å². The number of hydrogen-bond acceptors (Lipinski definition) is 4. The molecule has 100 valence electrons. The SMILES string of the molecule is COc1cc(C)ccc1OCc1ccnc(CN)c1. The minimum absolute atomic E-state index is 0.432. The van der Waals surface area contributed by atoms with Gasteiger partial charge >= 0.3 is 0 Å². The number of hydrogen-bond donors (Lipinski definition) is 1. The second-order valence-corrected chi connectivity index (χ2v) is 4.30. The molecule has 0 saturated carbocycles. The quantitative estimate of drug-likeness (QED) is 0.895. The molecule has 0 spiro atoms. The summed E-state index contributed by atoms with van der Waals surface area (Å²) in [6, 6.07) is 9.72. The largest absolute Gasteiger partial charge is 0.493 e. The lowest BCUT2D eigenvalue weighted by atomic mass is 10.2. The van der Waals surface area contributed by atoms with Gasteiger partial charge in [-0.3, -0.25) is 4.98 Å². The summed E-state index contributed by atoms with van der Waals surface area (Å²) in [6.07, 6.45) is 1.74. The maximum absolute atomic E-state index is 5.77. The molecule has 0 fully saturated rings. The Balaban J connectivity index is 2.09. The van der Waals surface area contributed by atoms with E-state index in [1.165, 1.54) is 0 Å². The highest BCUT2D eigenvalue weighted by Gasteiger charge is 2.05. The standard InChI is InChI=1S/C15H18N2O2/c1-11-3-4-14(15(7-11)18-2)19-10-12-5-6-17-13(8-12)9-16/h3-8H,9-10,16H2,1-2H3. The van der Waals surface area contributed by atoms with Crippen LogP contribution in [0.25, 0.3) is 0 Å². The van der Waals surface area contributed by atoms with Crippen LogP contribution in [0.2, 0.25) is 0 Å². The summed E-state index contributed by atoms with van der Waals surface area (Å²) < 4.78 is 11.1. The molecule has 0 bridgehead atoms. The van der Waals surface area contributed by atoms with Gasteiger partial charge in [0.1, 0.15) is 6.61 Å². The highest BCUT2D eigenvalue weighted by molar-refractivity contribution is 5.42. The molecule has 0 unspecified atom stereocenters. The number of aromatic nitrogens is 1. The Labute approximate surface area is 113 Å². The van der Waals surface area contributed by atoms with Crippen LogP contribution in [-0.4, -0.2) is 12.1 Å². The molecule has 0 aliphatic carbocycles. The van der Waals surface area contributed by atoms with Crippen molar-refractivity contribution in [2.45, 2.75) is 20.1 Å². The zero-order chi connectivity index (χ0) is 13.7. The number of nitrogens with zero attached hydrogens (tertiary/aromatic N) is 1. The third kappa shape index (κ3) is 3.45. The van der Waals surface area contributed by atoms with Crippen LogP contribution in [0.3, 0.4) is 0 Å². The van der Waals surface area contributed by atoms with Crippen molar-refractivity contribution in [1.82, 2.24) is 4.98 Å². The van der Waals surface area contributed by atoms with Gasteiger partial charge in [0, 0.05) is 12.7 Å². The van der Waals surface area contributed by atoms with Crippen LogP contribution >= 0.6 is 0 Å². The van der Waals surface area contributed by atoms with Crippen LogP contribution in [0.1, 0.15) is 16.8 Å². The fourth-order valence-electron chi connectivity index (χ4n) is 1.78. The predicted octanol–water partition coefficient (Wildman–Crippen LogP) is 2.44. The normalized spacial score (nSPS) is 10.3. The van der Waals surface area contributed by atoms with Crippen LogP contribution in [0.5, 0.6) is 11.5 Å². The van der Waals surface area contributed by atoms with Crippen molar-refractivity contribution >= 4 is 0 Å². The number of aryl methyl sites for hydroxylation is 1. The molecule has 4 heteroatoms. The molecule has 1 aromatic heterocycles. The Hall–Kier alpha value is -2.07. The third-order valence-corrected chi connectivity index (χ3v) is 2.80. The fraction of sp³-hybridized carbons (Fsp3) is 0.267. The van der Waals surface area contributed by atoms with E-state index >= 15 is 0 Å². The second kappa shape index (κ2) is 6.20. The molecule has 0 amide bonds. The van der Waals surface area contributed by atoms with Crippen molar-refractivity contribution in [2.24, 2.45) is 5.73 Å². The Morgan fingerprint density at radius 1 is 1.16 bits per heavy atom. The number of pyridine rings is 1. The molecule has 2 N–H and O–H groups in total. The molecular weight excluding hydrogens is 240 g/mol. The van der Waals surface area contributed by atoms with E-state index in [4.69, 9.17) is 15.2 Å². The summed E-state index contributed by atoms with van der Waals surface area (Å²) >= 11 is 0. The van der Waals surface area contributed by atoms with Gasteiger partial charge in [-0.1, -0.05) is 6.07 Å². The lowest BCUT2D eigenvalue weighted by molar-refractivity contribution is 0.284. The van der Waals surface area contributed by atoms with Gasteiger partial charge in [0.25, 0.3) is 0 Å². The summed E-state index contributed by atoms with van der Waals surface area (Å²) in [5.41, 5.74) is 8.60. The minimum Gasteiger partial charge on any atom is -0.493 e. The number of nitrogens with two attached hydrogens (primary N) is 1. The van der Waals surface area contributed by atoms with Crippen LogP contribution < -0.4 is 15.2 Å². The topological polar surface area (TPSA) is 57.4 Å². The predicted molar refractivity (Wildman–Crippen MR) is 74.2 cm³/mol. The van der Waals surface area contributed by atoms with E-state index < -0.39 is 0 Å². The van der Waals surface area contributed by atoms with E-state index in [1.807, 2.05) is 37.3 Å². The van der Waals surface area contributed by atoms with Gasteiger partial charge < -0.3 is 15.2 Å². The smallest absolute Gasteiger partial charge is 0.161 e. The molecule has 1 aromatic carbocycles. The van der Waals surface area contributed by atoms with Crippen LogP contribution in [0.15, 0.2) is 36.5 Å². The average Bonchev–Trinajstić information content (AvgIpc) is 2.46. The molecule has 0 atom stereocenters. The number of rotatable bonds is 5. The maximum atomic E-state index is 5.77. The molecule has 0 saturated heterocycles. The van der Waals surface area contributed by atoms with E-state index in [0.29, 0.717) is 13.2 Å². The zero-order valence-corrected chi connectivity index (χ0v) is 11.2. The second-order valence-electron chi connectivity index (χ2n) is 4.30. The van der Waals surface area contributed by atoms with Crippen LogP contribution in [0.4, 0.5) is 0 Å². The molecule has 2 aromatic rings. The van der Waals surface area contributed by atoms with Crippen molar-refractivity contribution < 1.29 is 9.47 Å².